The number of ketones is 1. The first kappa shape index (κ1) is 24.2. The lowest BCUT2D eigenvalue weighted by Gasteiger charge is -2.62. The van der Waals surface area contributed by atoms with E-state index in [1.54, 1.807) is 0 Å². The first-order valence-electron chi connectivity index (χ1n) is 13.6. The zero-order valence-corrected chi connectivity index (χ0v) is 21.0. The summed E-state index contributed by atoms with van der Waals surface area (Å²) < 4.78 is 5.32. The fourth-order valence-corrected chi connectivity index (χ4v) is 8.98. The summed E-state index contributed by atoms with van der Waals surface area (Å²) in [5.41, 5.74) is -0.285. The van der Waals surface area contributed by atoms with Crippen LogP contribution in [0, 0.1) is 40.4 Å². The van der Waals surface area contributed by atoms with E-state index < -0.39 is 5.60 Å². The smallest absolute Gasteiger partial charge is 0.305 e. The summed E-state index contributed by atoms with van der Waals surface area (Å²) in [6.45, 7) is 9.69. The maximum atomic E-state index is 12.3. The van der Waals surface area contributed by atoms with E-state index in [1.165, 1.54) is 19.3 Å². The van der Waals surface area contributed by atoms with Gasteiger partial charge < -0.3 is 9.84 Å². The summed E-state index contributed by atoms with van der Waals surface area (Å²) in [6.07, 6.45) is 12.3. The quantitative estimate of drug-likeness (QED) is 0.380. The number of ether oxygens (including phenoxy) is 1. The average molecular weight is 447 g/mol. The summed E-state index contributed by atoms with van der Waals surface area (Å²) in [4.78, 5) is 23.9. The molecule has 0 heterocycles. The molecule has 0 aromatic heterocycles. The Morgan fingerprint density at radius 2 is 1.81 bits per heavy atom. The van der Waals surface area contributed by atoms with Gasteiger partial charge in [0.1, 0.15) is 5.78 Å². The normalized spacial score (nSPS) is 45.7. The number of esters is 1. The molecule has 0 aromatic carbocycles. The van der Waals surface area contributed by atoms with Gasteiger partial charge >= 0.3 is 5.97 Å². The van der Waals surface area contributed by atoms with Gasteiger partial charge in [-0.05, 0) is 105 Å². The van der Waals surface area contributed by atoms with Crippen LogP contribution in [0.5, 0.6) is 0 Å². The molecule has 0 bridgehead atoms. The van der Waals surface area contributed by atoms with Crippen LogP contribution in [0.25, 0.3) is 0 Å². The number of rotatable bonds is 7. The third-order valence-electron chi connectivity index (χ3n) is 11.1. The first-order chi connectivity index (χ1) is 15.2. The van der Waals surface area contributed by atoms with Crippen LogP contribution in [0.2, 0.25) is 0 Å². The van der Waals surface area contributed by atoms with Gasteiger partial charge in [0.15, 0.2) is 0 Å². The van der Waals surface area contributed by atoms with Crippen molar-refractivity contribution in [2.75, 3.05) is 6.61 Å². The molecule has 0 amide bonds. The van der Waals surface area contributed by atoms with E-state index in [1.807, 2.05) is 6.92 Å². The van der Waals surface area contributed by atoms with Gasteiger partial charge in [-0.1, -0.05) is 27.7 Å². The van der Waals surface area contributed by atoms with Crippen LogP contribution in [-0.4, -0.2) is 29.1 Å². The highest BCUT2D eigenvalue weighted by Gasteiger charge is 2.65. The lowest BCUT2D eigenvalue weighted by Crippen LogP contribution is -2.58. The molecule has 32 heavy (non-hydrogen) atoms. The predicted octanol–water partition coefficient (Wildman–Crippen LogP) is 6.09. The number of hydrogen-bond acceptors (Lipinski definition) is 4. The molecule has 1 N–H and O–H groups in total. The monoisotopic (exact) mass is 446 g/mol. The molecule has 8 atom stereocenters. The van der Waals surface area contributed by atoms with E-state index in [4.69, 9.17) is 4.74 Å². The van der Waals surface area contributed by atoms with Crippen molar-refractivity contribution >= 4 is 11.8 Å². The molecule has 4 saturated carbocycles. The van der Waals surface area contributed by atoms with Crippen molar-refractivity contribution in [3.05, 3.63) is 0 Å². The van der Waals surface area contributed by atoms with Gasteiger partial charge in [-0.3, -0.25) is 9.59 Å². The number of hydrogen-bond donors (Lipinski definition) is 1. The molecule has 182 valence electrons. The molecule has 4 aliphatic rings. The van der Waals surface area contributed by atoms with Crippen molar-refractivity contribution in [1.82, 2.24) is 0 Å². The summed E-state index contributed by atoms with van der Waals surface area (Å²) in [5, 5.41) is 11.9. The Labute approximate surface area is 195 Å². The lowest BCUT2D eigenvalue weighted by molar-refractivity contribution is -0.169. The van der Waals surface area contributed by atoms with E-state index in [0.717, 1.165) is 57.8 Å². The van der Waals surface area contributed by atoms with E-state index in [0.29, 0.717) is 53.8 Å². The van der Waals surface area contributed by atoms with Crippen molar-refractivity contribution in [1.29, 1.82) is 0 Å². The topological polar surface area (TPSA) is 63.6 Å². The number of Topliss-reactive ketones (excluding diaryl/α,β-unsaturated/α-hetero) is 1. The molecule has 0 radical (unpaired) electrons. The van der Waals surface area contributed by atoms with Gasteiger partial charge in [0.2, 0.25) is 0 Å². The lowest BCUT2D eigenvalue weighted by atomic mass is 9.42. The molecule has 4 fully saturated rings. The molecule has 0 spiro atoms. The molecule has 4 aliphatic carbocycles. The fraction of sp³-hybridized carbons (Fsp3) is 0.929. The van der Waals surface area contributed by atoms with Crippen molar-refractivity contribution in [2.45, 2.75) is 117 Å². The molecule has 3 unspecified atom stereocenters. The Hall–Kier alpha value is -0.900. The number of unbranched alkanes of at least 4 members (excludes halogenated alkanes) is 1. The van der Waals surface area contributed by atoms with Crippen molar-refractivity contribution in [3.8, 4) is 0 Å². The minimum Gasteiger partial charge on any atom is -0.466 e. The molecule has 0 aliphatic heterocycles. The summed E-state index contributed by atoms with van der Waals surface area (Å²) in [7, 11) is 0. The van der Waals surface area contributed by atoms with Gasteiger partial charge in [0.05, 0.1) is 12.2 Å². The van der Waals surface area contributed by atoms with Crippen LogP contribution in [0.1, 0.15) is 111 Å². The van der Waals surface area contributed by atoms with Crippen LogP contribution in [-0.2, 0) is 14.3 Å². The van der Waals surface area contributed by atoms with Gasteiger partial charge in [-0.25, -0.2) is 0 Å². The molecule has 4 rings (SSSR count). The average Bonchev–Trinajstić information content (AvgIpc) is 3.00. The molecule has 0 saturated heterocycles. The Bertz CT molecular complexity index is 718. The van der Waals surface area contributed by atoms with Crippen molar-refractivity contribution < 1.29 is 19.4 Å². The molecule has 0 aromatic rings. The van der Waals surface area contributed by atoms with Gasteiger partial charge in [-0.15, -0.1) is 0 Å². The Kier molecular flexibility index (Phi) is 6.85. The van der Waals surface area contributed by atoms with E-state index in [-0.39, 0.29) is 11.4 Å². The van der Waals surface area contributed by atoms with Crippen LogP contribution < -0.4 is 0 Å². The van der Waals surface area contributed by atoms with Crippen LogP contribution >= 0.6 is 0 Å². The molecule has 4 heteroatoms. The minimum atomic E-state index is -0.581. The second-order valence-electron chi connectivity index (χ2n) is 12.3. The molecular weight excluding hydrogens is 400 g/mol. The Morgan fingerprint density at radius 3 is 2.56 bits per heavy atom. The summed E-state index contributed by atoms with van der Waals surface area (Å²) >= 11 is 0. The number of fused-ring (bicyclic) bond motifs is 5. The maximum Gasteiger partial charge on any atom is 0.305 e. The second-order valence-corrected chi connectivity index (χ2v) is 12.3. The highest BCUT2D eigenvalue weighted by molar-refractivity contribution is 5.80. The van der Waals surface area contributed by atoms with Crippen LogP contribution in [0.3, 0.4) is 0 Å². The highest BCUT2D eigenvalue weighted by atomic mass is 16.5. The summed E-state index contributed by atoms with van der Waals surface area (Å²) in [5.74, 6) is 3.46. The second kappa shape index (κ2) is 9.04. The van der Waals surface area contributed by atoms with Crippen LogP contribution in [0.15, 0.2) is 0 Å². The standard InChI is InChI=1S/C28H46O4/c1-5-8-25(30)32-16-7-6-13-28(31)15-12-23-22-10-9-20-18-21(29)17-19(2)27(20,4)24(22)11-14-26(23,28)3/h19-20,22-24,31H,5-18H2,1-4H3/t19?,20?,22-,23-,24+,26-,27-,28?/m0/s1. The van der Waals surface area contributed by atoms with E-state index in [9.17, 15) is 14.7 Å². The zero-order chi connectivity index (χ0) is 23.1. The number of aliphatic hydroxyl groups is 1. The minimum absolute atomic E-state index is 0.00394. The first-order valence-corrected chi connectivity index (χ1v) is 13.6. The van der Waals surface area contributed by atoms with Crippen molar-refractivity contribution in [2.24, 2.45) is 40.4 Å². The summed E-state index contributed by atoms with van der Waals surface area (Å²) in [6, 6.07) is 0. The third-order valence-corrected chi connectivity index (χ3v) is 11.1. The Balaban J connectivity index is 1.40. The van der Waals surface area contributed by atoms with Gasteiger partial charge in [0, 0.05) is 19.3 Å². The SMILES string of the molecule is CCCC(=O)OCCCCC1(O)CC[C@H]2[C@@H]3CCC4CC(=O)CC(C)[C@]4(C)[C@@H]3CC[C@@]21C. The van der Waals surface area contributed by atoms with Gasteiger partial charge in [-0.2, -0.15) is 0 Å². The van der Waals surface area contributed by atoms with E-state index >= 15 is 0 Å². The van der Waals surface area contributed by atoms with Crippen LogP contribution in [0.4, 0.5) is 0 Å². The zero-order valence-electron chi connectivity index (χ0n) is 21.0. The third kappa shape index (κ3) is 3.87. The fourth-order valence-electron chi connectivity index (χ4n) is 8.98. The molecular formula is C28H46O4. The van der Waals surface area contributed by atoms with E-state index in [2.05, 4.69) is 20.8 Å². The predicted molar refractivity (Wildman–Crippen MR) is 126 cm³/mol. The highest BCUT2D eigenvalue weighted by Crippen LogP contribution is 2.69. The number of carbonyl (C=O) groups is 2. The van der Waals surface area contributed by atoms with Gasteiger partial charge in [0.25, 0.3) is 0 Å². The van der Waals surface area contributed by atoms with Crippen molar-refractivity contribution in [3.63, 3.8) is 0 Å². The maximum absolute atomic E-state index is 12.3. The Morgan fingerprint density at radius 1 is 1.06 bits per heavy atom. The number of carbonyl (C=O) groups excluding carboxylic acids is 2. The largest absolute Gasteiger partial charge is 0.466 e. The molecule has 4 nitrogen and oxygen atoms in total.